The first-order chi connectivity index (χ1) is 13.5. The van der Waals surface area contributed by atoms with E-state index in [0.29, 0.717) is 25.3 Å². The number of alkyl halides is 1. The van der Waals surface area contributed by atoms with Gasteiger partial charge in [0.25, 0.3) is 0 Å². The van der Waals surface area contributed by atoms with Crippen LogP contribution in [0.5, 0.6) is 0 Å². The molecule has 0 atom stereocenters. The molecular weight excluding hydrogens is 432 g/mol. The quantitative estimate of drug-likeness (QED) is 0.353. The second-order valence-corrected chi connectivity index (χ2v) is 11.3. The molecule has 0 bridgehead atoms. The number of hydrogen-bond acceptors (Lipinski definition) is 6. The molecule has 2 rings (SSSR count). The molecule has 0 spiro atoms. The van der Waals surface area contributed by atoms with Crippen molar-refractivity contribution in [3.8, 4) is 0 Å². The van der Waals surface area contributed by atoms with Crippen LogP contribution in [0.15, 0.2) is 60.7 Å². The summed E-state index contributed by atoms with van der Waals surface area (Å²) in [4.78, 5) is 0. The zero-order chi connectivity index (χ0) is 22.2. The highest BCUT2D eigenvalue weighted by atomic mass is 35.5. The zero-order valence-electron chi connectivity index (χ0n) is 16.9. The summed E-state index contributed by atoms with van der Waals surface area (Å²) in [7, 11) is -5.59. The van der Waals surface area contributed by atoms with Crippen LogP contribution < -0.4 is 11.1 Å². The molecular formula is C20H31ClN2O4S2. The predicted octanol–water partition coefficient (Wildman–Crippen LogP) is 3.46. The number of hydrogen-bond donors (Lipinski definition) is 2. The van der Waals surface area contributed by atoms with E-state index < -0.39 is 19.7 Å². The monoisotopic (exact) mass is 462 g/mol. The van der Waals surface area contributed by atoms with Gasteiger partial charge in [-0.25, -0.2) is 16.8 Å². The van der Waals surface area contributed by atoms with Crippen molar-refractivity contribution >= 4 is 42.7 Å². The van der Waals surface area contributed by atoms with E-state index in [1.54, 1.807) is 0 Å². The lowest BCUT2D eigenvalue weighted by Crippen LogP contribution is -2.09. The van der Waals surface area contributed by atoms with E-state index >= 15 is 0 Å². The van der Waals surface area contributed by atoms with Crippen molar-refractivity contribution in [1.82, 2.24) is 0 Å². The van der Waals surface area contributed by atoms with Gasteiger partial charge in [0.2, 0.25) is 0 Å². The standard InChI is InChI=1S/C10H15NO2S.C6H7N.C4H9ClO2S/c1-14(12,13)9-5-8-11-10-6-3-2-4-7-10;7-6-4-2-1-3-5-6;1-8(6,7)4-2-3-5/h2-4,6-7,11H,5,8-9H2,1H3;1-5H,7H2;2-4H2,1H3. The molecule has 0 unspecified atom stereocenters. The van der Waals surface area contributed by atoms with Crippen molar-refractivity contribution in [2.45, 2.75) is 12.8 Å². The van der Waals surface area contributed by atoms with E-state index in [1.165, 1.54) is 12.5 Å². The molecule has 0 aliphatic heterocycles. The number of para-hydroxylation sites is 2. The largest absolute Gasteiger partial charge is 0.399 e. The maximum atomic E-state index is 10.8. The van der Waals surface area contributed by atoms with Crippen LogP contribution in [0.25, 0.3) is 0 Å². The van der Waals surface area contributed by atoms with Gasteiger partial charge in [0.1, 0.15) is 19.7 Å². The van der Waals surface area contributed by atoms with Crippen molar-refractivity contribution in [2.75, 3.05) is 47.5 Å². The minimum atomic E-state index is -2.82. The van der Waals surface area contributed by atoms with E-state index in [9.17, 15) is 16.8 Å². The van der Waals surface area contributed by atoms with Gasteiger partial charge in [-0.15, -0.1) is 11.6 Å². The van der Waals surface area contributed by atoms with Crippen LogP contribution in [0.4, 0.5) is 11.4 Å². The Morgan fingerprint density at radius 2 is 1.24 bits per heavy atom. The Hall–Kier alpha value is -1.77. The van der Waals surface area contributed by atoms with Gasteiger partial charge < -0.3 is 11.1 Å². The van der Waals surface area contributed by atoms with Gasteiger partial charge in [0, 0.05) is 36.3 Å². The minimum Gasteiger partial charge on any atom is -0.399 e. The molecule has 0 radical (unpaired) electrons. The third-order valence-corrected chi connectivity index (χ3v) is 5.57. The molecule has 164 valence electrons. The number of benzene rings is 2. The van der Waals surface area contributed by atoms with E-state index in [1.807, 2.05) is 60.7 Å². The van der Waals surface area contributed by atoms with Gasteiger partial charge in [-0.1, -0.05) is 36.4 Å². The summed E-state index contributed by atoms with van der Waals surface area (Å²) in [5.74, 6) is 0.871. The Morgan fingerprint density at radius 1 is 0.793 bits per heavy atom. The molecule has 0 saturated carbocycles. The Balaban J connectivity index is 0.000000444. The molecule has 2 aromatic carbocycles. The molecule has 9 heteroatoms. The fraction of sp³-hybridized carbons (Fsp3) is 0.400. The average Bonchev–Trinajstić information content (AvgIpc) is 2.65. The smallest absolute Gasteiger partial charge is 0.147 e. The first kappa shape index (κ1) is 27.2. The van der Waals surface area contributed by atoms with Crippen LogP contribution in [0.3, 0.4) is 0 Å². The van der Waals surface area contributed by atoms with E-state index in [2.05, 4.69) is 5.32 Å². The van der Waals surface area contributed by atoms with Crippen molar-refractivity contribution < 1.29 is 16.8 Å². The first-order valence-electron chi connectivity index (χ1n) is 9.04. The van der Waals surface area contributed by atoms with Crippen molar-refractivity contribution in [3.05, 3.63) is 60.7 Å². The molecule has 0 amide bonds. The number of anilines is 2. The summed E-state index contributed by atoms with van der Waals surface area (Å²) in [5, 5.41) is 3.15. The third kappa shape index (κ3) is 20.8. The van der Waals surface area contributed by atoms with Gasteiger partial charge in [-0.05, 0) is 37.1 Å². The molecule has 29 heavy (non-hydrogen) atoms. The van der Waals surface area contributed by atoms with E-state index in [-0.39, 0.29) is 11.5 Å². The number of nitrogen functional groups attached to an aromatic ring is 1. The number of halogens is 1. The number of rotatable bonds is 8. The molecule has 6 nitrogen and oxygen atoms in total. The molecule has 3 N–H and O–H groups in total. The normalized spacial score (nSPS) is 10.7. The second kappa shape index (κ2) is 15.1. The molecule has 2 aromatic rings. The third-order valence-electron chi connectivity index (χ3n) is 3.24. The van der Waals surface area contributed by atoms with Crippen LogP contribution in [0.1, 0.15) is 12.8 Å². The summed E-state index contributed by atoms with van der Waals surface area (Å²) >= 11 is 5.24. The van der Waals surface area contributed by atoms with Crippen LogP contribution in [-0.2, 0) is 19.7 Å². The summed E-state index contributed by atoms with van der Waals surface area (Å²) < 4.78 is 42.3. The maximum absolute atomic E-state index is 10.8. The van der Waals surface area contributed by atoms with Gasteiger partial charge >= 0.3 is 0 Å². The molecule has 0 saturated heterocycles. The maximum Gasteiger partial charge on any atom is 0.147 e. The summed E-state index contributed by atoms with van der Waals surface area (Å²) in [5.41, 5.74) is 7.21. The van der Waals surface area contributed by atoms with E-state index in [0.717, 1.165) is 11.4 Å². The number of nitrogens with two attached hydrogens (primary N) is 1. The fourth-order valence-corrected chi connectivity index (χ4v) is 3.52. The molecule has 0 aliphatic rings. The number of nitrogens with one attached hydrogen (secondary N) is 1. The Bertz CT molecular complexity index is 860. The minimum absolute atomic E-state index is 0.205. The van der Waals surface area contributed by atoms with Crippen LogP contribution in [0.2, 0.25) is 0 Å². The van der Waals surface area contributed by atoms with Gasteiger partial charge in [0.05, 0.1) is 11.5 Å². The first-order valence-corrected chi connectivity index (χ1v) is 13.7. The van der Waals surface area contributed by atoms with Gasteiger partial charge in [-0.2, -0.15) is 0 Å². The Morgan fingerprint density at radius 3 is 1.59 bits per heavy atom. The highest BCUT2D eigenvalue weighted by Crippen LogP contribution is 2.04. The Labute approximate surface area is 180 Å². The lowest BCUT2D eigenvalue weighted by Gasteiger charge is -2.04. The van der Waals surface area contributed by atoms with Crippen molar-refractivity contribution in [3.63, 3.8) is 0 Å². The highest BCUT2D eigenvalue weighted by molar-refractivity contribution is 7.90. The van der Waals surface area contributed by atoms with Gasteiger partial charge in [0.15, 0.2) is 0 Å². The zero-order valence-corrected chi connectivity index (χ0v) is 19.3. The summed E-state index contributed by atoms with van der Waals surface area (Å²) in [6.07, 6.45) is 3.67. The highest BCUT2D eigenvalue weighted by Gasteiger charge is 2.00. The van der Waals surface area contributed by atoms with Crippen molar-refractivity contribution in [2.24, 2.45) is 0 Å². The van der Waals surface area contributed by atoms with Crippen LogP contribution in [0, 0.1) is 0 Å². The van der Waals surface area contributed by atoms with Gasteiger partial charge in [-0.3, -0.25) is 0 Å². The SMILES string of the molecule is CS(=O)(=O)CCCCl.CS(=O)(=O)CCCNc1ccccc1.Nc1ccccc1. The predicted molar refractivity (Wildman–Crippen MR) is 125 cm³/mol. The van der Waals surface area contributed by atoms with Crippen molar-refractivity contribution in [1.29, 1.82) is 0 Å². The Kier molecular flexibility index (Phi) is 14.2. The summed E-state index contributed by atoms with van der Waals surface area (Å²) in [6.45, 7) is 0.692. The molecule has 0 heterocycles. The topological polar surface area (TPSA) is 106 Å². The average molecular weight is 463 g/mol. The van der Waals surface area contributed by atoms with Crippen LogP contribution >= 0.6 is 11.6 Å². The van der Waals surface area contributed by atoms with Crippen LogP contribution in [-0.4, -0.2) is 53.3 Å². The molecule has 0 aromatic heterocycles. The fourth-order valence-electron chi connectivity index (χ4n) is 1.89. The lowest BCUT2D eigenvalue weighted by atomic mass is 10.3. The number of sulfone groups is 2. The second-order valence-electron chi connectivity index (χ2n) is 6.36. The molecule has 0 aliphatic carbocycles. The molecule has 0 fully saturated rings. The van der Waals surface area contributed by atoms with E-state index in [4.69, 9.17) is 17.3 Å². The summed E-state index contributed by atoms with van der Waals surface area (Å²) in [6, 6.07) is 19.2. The lowest BCUT2D eigenvalue weighted by molar-refractivity contribution is 0.598.